The van der Waals surface area contributed by atoms with Crippen LogP contribution in [-0.4, -0.2) is 30.8 Å². The Hall–Kier alpha value is -1.75. The zero-order chi connectivity index (χ0) is 15.4. The zero-order valence-corrected chi connectivity index (χ0v) is 12.7. The minimum absolute atomic E-state index is 0.177. The monoisotopic (exact) mass is 292 g/mol. The number of methoxy groups -OCH3 is 1. The quantitative estimate of drug-likeness (QED) is 0.586. The second kappa shape index (κ2) is 6.80. The molecular weight excluding hydrogens is 268 g/mol. The highest BCUT2D eigenvalue weighted by atomic mass is 16.5. The van der Waals surface area contributed by atoms with Crippen molar-refractivity contribution in [2.45, 2.75) is 38.7 Å². The average molecular weight is 292 g/mol. The van der Waals surface area contributed by atoms with Crippen molar-refractivity contribution in [3.63, 3.8) is 0 Å². The maximum atomic E-state index is 11.7. The molecule has 0 spiro atoms. The lowest BCUT2D eigenvalue weighted by molar-refractivity contribution is 0.0602. The van der Waals surface area contributed by atoms with Crippen molar-refractivity contribution in [2.24, 2.45) is 5.92 Å². The lowest BCUT2D eigenvalue weighted by Crippen LogP contribution is -2.25. The molecule has 1 fully saturated rings. The number of anilines is 2. The van der Waals surface area contributed by atoms with E-state index in [-0.39, 0.29) is 6.10 Å². The molecule has 1 aliphatic carbocycles. The molecule has 5 heteroatoms. The van der Waals surface area contributed by atoms with Crippen molar-refractivity contribution in [3.8, 4) is 0 Å². The van der Waals surface area contributed by atoms with E-state index < -0.39 is 5.97 Å². The normalized spacial score (nSPS) is 21.9. The van der Waals surface area contributed by atoms with Gasteiger partial charge < -0.3 is 20.9 Å². The van der Waals surface area contributed by atoms with Gasteiger partial charge in [-0.05, 0) is 49.8 Å². The van der Waals surface area contributed by atoms with E-state index >= 15 is 0 Å². The van der Waals surface area contributed by atoms with Crippen LogP contribution < -0.4 is 11.1 Å². The van der Waals surface area contributed by atoms with Crippen LogP contribution in [0.5, 0.6) is 0 Å². The molecule has 1 aromatic rings. The fourth-order valence-electron chi connectivity index (χ4n) is 2.89. The lowest BCUT2D eigenvalue weighted by Gasteiger charge is -2.26. The van der Waals surface area contributed by atoms with Crippen LogP contribution in [0.25, 0.3) is 0 Å². The number of ether oxygens (including phenoxy) is 1. The fourth-order valence-corrected chi connectivity index (χ4v) is 2.89. The van der Waals surface area contributed by atoms with Crippen molar-refractivity contribution >= 4 is 17.3 Å². The molecule has 2 rings (SSSR count). The number of nitrogen functional groups attached to an aromatic ring is 1. The fraction of sp³-hybridized carbons (Fsp3) is 0.562. The van der Waals surface area contributed by atoms with Gasteiger partial charge in [0, 0.05) is 17.9 Å². The summed E-state index contributed by atoms with van der Waals surface area (Å²) in [4.78, 5) is 11.7. The number of aryl methyl sites for hydroxylation is 1. The number of nitrogens with two attached hydrogens (primary N) is 1. The van der Waals surface area contributed by atoms with Crippen LogP contribution in [0, 0.1) is 12.8 Å². The number of esters is 1. The van der Waals surface area contributed by atoms with E-state index in [9.17, 15) is 9.90 Å². The van der Waals surface area contributed by atoms with Gasteiger partial charge in [-0.25, -0.2) is 4.79 Å². The van der Waals surface area contributed by atoms with Gasteiger partial charge >= 0.3 is 5.97 Å². The first-order valence-electron chi connectivity index (χ1n) is 7.41. The molecule has 0 bridgehead atoms. The molecule has 0 aliphatic heterocycles. The van der Waals surface area contributed by atoms with Gasteiger partial charge in [-0.15, -0.1) is 0 Å². The summed E-state index contributed by atoms with van der Waals surface area (Å²) < 4.78 is 4.76. The standard InChI is InChI=1S/C16H24N2O3/c1-10-6-12(8-14(15(10)17)16(20)21-2)18-9-11-4-3-5-13(19)7-11/h6,8,11,13,18-19H,3-5,7,9,17H2,1-2H3. The summed E-state index contributed by atoms with van der Waals surface area (Å²) in [6, 6.07) is 3.66. The number of nitrogens with one attached hydrogen (secondary N) is 1. The van der Waals surface area contributed by atoms with Crippen LogP contribution in [0.4, 0.5) is 11.4 Å². The molecule has 2 unspecified atom stereocenters. The maximum Gasteiger partial charge on any atom is 0.340 e. The molecule has 5 nitrogen and oxygen atoms in total. The molecule has 116 valence electrons. The second-order valence-corrected chi connectivity index (χ2v) is 5.81. The smallest absolute Gasteiger partial charge is 0.340 e. The van der Waals surface area contributed by atoms with Gasteiger partial charge in [0.15, 0.2) is 0 Å². The summed E-state index contributed by atoms with van der Waals surface area (Å²) in [6.07, 6.45) is 3.77. The van der Waals surface area contributed by atoms with E-state index in [4.69, 9.17) is 10.5 Å². The number of hydrogen-bond donors (Lipinski definition) is 3. The highest BCUT2D eigenvalue weighted by molar-refractivity contribution is 5.97. The third kappa shape index (κ3) is 3.88. The Labute approximate surface area is 125 Å². The SMILES string of the molecule is COC(=O)c1cc(NCC2CCCC(O)C2)cc(C)c1N. The van der Waals surface area contributed by atoms with Crippen LogP contribution in [-0.2, 0) is 4.74 Å². The molecule has 1 saturated carbocycles. The predicted octanol–water partition coefficient (Wildman–Crippen LogP) is 2.33. The molecular formula is C16H24N2O3. The molecule has 0 saturated heterocycles. The Morgan fingerprint density at radius 3 is 2.90 bits per heavy atom. The van der Waals surface area contributed by atoms with E-state index in [1.165, 1.54) is 7.11 Å². The third-order valence-electron chi connectivity index (χ3n) is 4.14. The van der Waals surface area contributed by atoms with Gasteiger partial charge in [-0.3, -0.25) is 0 Å². The van der Waals surface area contributed by atoms with Crippen LogP contribution in [0.3, 0.4) is 0 Å². The predicted molar refractivity (Wildman–Crippen MR) is 83.4 cm³/mol. The molecule has 21 heavy (non-hydrogen) atoms. The van der Waals surface area contributed by atoms with E-state index in [2.05, 4.69) is 5.32 Å². The highest BCUT2D eigenvalue weighted by Crippen LogP contribution is 2.27. The largest absolute Gasteiger partial charge is 0.465 e. The number of rotatable bonds is 4. The first-order valence-corrected chi connectivity index (χ1v) is 7.41. The van der Waals surface area contributed by atoms with Crippen molar-refractivity contribution in [1.29, 1.82) is 0 Å². The third-order valence-corrected chi connectivity index (χ3v) is 4.14. The van der Waals surface area contributed by atoms with Gasteiger partial charge in [0.25, 0.3) is 0 Å². The molecule has 1 aromatic carbocycles. The van der Waals surface area contributed by atoms with Gasteiger partial charge in [-0.2, -0.15) is 0 Å². The van der Waals surface area contributed by atoms with Gasteiger partial charge in [-0.1, -0.05) is 6.42 Å². The summed E-state index contributed by atoms with van der Waals surface area (Å²) in [6.45, 7) is 2.67. The summed E-state index contributed by atoms with van der Waals surface area (Å²) in [5, 5.41) is 13.0. The van der Waals surface area contributed by atoms with Crippen molar-refractivity contribution in [1.82, 2.24) is 0 Å². The molecule has 0 aromatic heterocycles. The van der Waals surface area contributed by atoms with Gasteiger partial charge in [0.1, 0.15) is 0 Å². The minimum Gasteiger partial charge on any atom is -0.465 e. The number of carbonyl (C=O) groups is 1. The zero-order valence-electron chi connectivity index (χ0n) is 12.7. The van der Waals surface area contributed by atoms with Crippen LogP contribution in [0.1, 0.15) is 41.6 Å². The summed E-state index contributed by atoms with van der Waals surface area (Å²) in [5.41, 5.74) is 8.49. The topological polar surface area (TPSA) is 84.6 Å². The Morgan fingerprint density at radius 1 is 1.48 bits per heavy atom. The molecule has 1 aliphatic rings. The van der Waals surface area contributed by atoms with E-state index in [0.717, 1.165) is 43.5 Å². The van der Waals surface area contributed by atoms with Gasteiger partial charge in [0.2, 0.25) is 0 Å². The summed E-state index contributed by atoms with van der Waals surface area (Å²) in [7, 11) is 1.35. The minimum atomic E-state index is -0.424. The highest BCUT2D eigenvalue weighted by Gasteiger charge is 2.20. The summed E-state index contributed by atoms with van der Waals surface area (Å²) in [5.74, 6) is 0.0422. The molecule has 0 radical (unpaired) electrons. The first kappa shape index (κ1) is 15.6. The number of hydrogen-bond acceptors (Lipinski definition) is 5. The van der Waals surface area contributed by atoms with Crippen LogP contribution in [0.15, 0.2) is 12.1 Å². The Balaban J connectivity index is 2.06. The Morgan fingerprint density at radius 2 is 2.24 bits per heavy atom. The number of aliphatic hydroxyl groups is 1. The molecule has 4 N–H and O–H groups in total. The van der Waals surface area contributed by atoms with Crippen molar-refractivity contribution in [3.05, 3.63) is 23.3 Å². The average Bonchev–Trinajstić information content (AvgIpc) is 2.47. The Bertz CT molecular complexity index is 516. The number of carbonyl (C=O) groups excluding carboxylic acids is 1. The first-order chi connectivity index (χ1) is 10.0. The van der Waals surface area contributed by atoms with Crippen LogP contribution >= 0.6 is 0 Å². The Kier molecular flexibility index (Phi) is 5.07. The number of aliphatic hydroxyl groups excluding tert-OH is 1. The maximum absolute atomic E-state index is 11.7. The summed E-state index contributed by atoms with van der Waals surface area (Å²) >= 11 is 0. The molecule has 0 amide bonds. The van der Waals surface area contributed by atoms with Gasteiger partial charge in [0.05, 0.1) is 18.8 Å². The molecule has 0 heterocycles. The second-order valence-electron chi connectivity index (χ2n) is 5.81. The lowest BCUT2D eigenvalue weighted by atomic mass is 9.87. The molecule has 2 atom stereocenters. The van der Waals surface area contributed by atoms with E-state index in [1.807, 2.05) is 13.0 Å². The van der Waals surface area contributed by atoms with Crippen LogP contribution in [0.2, 0.25) is 0 Å². The van der Waals surface area contributed by atoms with E-state index in [1.54, 1.807) is 6.07 Å². The number of benzene rings is 1. The van der Waals surface area contributed by atoms with Crippen molar-refractivity contribution < 1.29 is 14.6 Å². The van der Waals surface area contributed by atoms with Crippen molar-refractivity contribution in [2.75, 3.05) is 24.7 Å². The van der Waals surface area contributed by atoms with E-state index in [0.29, 0.717) is 17.2 Å².